The fourth-order valence-electron chi connectivity index (χ4n) is 1.48. The second-order valence-corrected chi connectivity index (χ2v) is 5.86. The second kappa shape index (κ2) is 5.07. The smallest absolute Gasteiger partial charge is 0.262 e. The van der Waals surface area contributed by atoms with Crippen LogP contribution in [0, 0.1) is 5.82 Å². The minimum atomic E-state index is -3.94. The molecule has 2 rings (SSSR count). The van der Waals surface area contributed by atoms with Crippen LogP contribution in [-0.4, -0.2) is 8.42 Å². The highest BCUT2D eigenvalue weighted by molar-refractivity contribution is 7.92. The average Bonchev–Trinajstić information content (AvgIpc) is 2.34. The molecule has 3 N–H and O–H groups in total. The fourth-order valence-corrected chi connectivity index (χ4v) is 2.90. The predicted octanol–water partition coefficient (Wildman–Crippen LogP) is 2.86. The summed E-state index contributed by atoms with van der Waals surface area (Å²) in [5, 5.41) is 0.167. The number of benzene rings is 2. The Morgan fingerprint density at radius 2 is 1.84 bits per heavy atom. The Morgan fingerprint density at radius 3 is 2.47 bits per heavy atom. The van der Waals surface area contributed by atoms with Crippen molar-refractivity contribution in [2.24, 2.45) is 0 Å². The van der Waals surface area contributed by atoms with Crippen LogP contribution in [0.2, 0.25) is 5.02 Å². The Hall–Kier alpha value is -1.79. The lowest BCUT2D eigenvalue weighted by Gasteiger charge is -2.11. The number of hydrogen-bond donors (Lipinski definition) is 2. The van der Waals surface area contributed by atoms with Crippen LogP contribution in [0.15, 0.2) is 47.4 Å². The highest BCUT2D eigenvalue weighted by Gasteiger charge is 2.17. The summed E-state index contributed by atoms with van der Waals surface area (Å²) in [7, 11) is -3.94. The average molecular weight is 301 g/mol. The lowest BCUT2D eigenvalue weighted by Crippen LogP contribution is -2.14. The molecule has 0 heterocycles. The van der Waals surface area contributed by atoms with Crippen molar-refractivity contribution in [1.82, 2.24) is 0 Å². The number of rotatable bonds is 3. The van der Waals surface area contributed by atoms with Crippen LogP contribution in [0.1, 0.15) is 0 Å². The van der Waals surface area contributed by atoms with E-state index in [9.17, 15) is 12.8 Å². The molecule has 0 aliphatic heterocycles. The van der Waals surface area contributed by atoms with Gasteiger partial charge in [-0.15, -0.1) is 0 Å². The first kappa shape index (κ1) is 13.6. The molecule has 0 unspecified atom stereocenters. The van der Waals surface area contributed by atoms with E-state index in [0.29, 0.717) is 0 Å². The quantitative estimate of drug-likeness (QED) is 0.856. The first-order chi connectivity index (χ1) is 8.90. The largest absolute Gasteiger partial charge is 0.397 e. The molecule has 0 fully saturated rings. The third kappa shape index (κ3) is 2.97. The molecule has 0 saturated carbocycles. The minimum absolute atomic E-state index is 0.0772. The molecular formula is C12H10ClFN2O2S. The van der Waals surface area contributed by atoms with Gasteiger partial charge in [0.25, 0.3) is 10.0 Å². The number of nitrogen functional groups attached to an aromatic ring is 1. The standard InChI is InChI=1S/C12H10ClFN2O2S/c13-10-5-2-6-11(15)12(10)16-19(17,18)9-4-1-3-8(14)7-9/h1-7,16H,15H2. The van der Waals surface area contributed by atoms with Crippen LogP contribution < -0.4 is 10.5 Å². The summed E-state index contributed by atoms with van der Waals surface area (Å²) in [6, 6.07) is 9.25. The zero-order valence-corrected chi connectivity index (χ0v) is 11.2. The van der Waals surface area contributed by atoms with E-state index in [1.54, 1.807) is 6.07 Å². The van der Waals surface area contributed by atoms with Crippen molar-refractivity contribution in [3.8, 4) is 0 Å². The number of halogens is 2. The van der Waals surface area contributed by atoms with E-state index in [2.05, 4.69) is 4.72 Å². The minimum Gasteiger partial charge on any atom is -0.397 e. The Bertz CT molecular complexity index is 699. The van der Waals surface area contributed by atoms with Crippen molar-refractivity contribution in [1.29, 1.82) is 0 Å². The van der Waals surface area contributed by atoms with E-state index in [4.69, 9.17) is 17.3 Å². The molecule has 7 heteroatoms. The highest BCUT2D eigenvalue weighted by Crippen LogP contribution is 2.30. The topological polar surface area (TPSA) is 72.2 Å². The number of anilines is 2. The molecule has 2 aromatic carbocycles. The summed E-state index contributed by atoms with van der Waals surface area (Å²) in [5.41, 5.74) is 5.92. The van der Waals surface area contributed by atoms with Gasteiger partial charge in [-0.3, -0.25) is 4.72 Å². The van der Waals surface area contributed by atoms with Crippen LogP contribution in [0.5, 0.6) is 0 Å². The number of nitrogens with one attached hydrogen (secondary N) is 1. The number of hydrogen-bond acceptors (Lipinski definition) is 3. The summed E-state index contributed by atoms with van der Waals surface area (Å²) in [4.78, 5) is -0.202. The molecule has 19 heavy (non-hydrogen) atoms. The molecule has 0 aromatic heterocycles. The molecule has 0 saturated heterocycles. The van der Waals surface area contributed by atoms with Gasteiger partial charge < -0.3 is 5.73 Å². The normalized spacial score (nSPS) is 11.3. The molecule has 100 valence electrons. The number of nitrogens with two attached hydrogens (primary N) is 1. The summed E-state index contributed by atoms with van der Waals surface area (Å²) in [6.45, 7) is 0. The predicted molar refractivity (Wildman–Crippen MR) is 73.1 cm³/mol. The van der Waals surface area contributed by atoms with Crippen LogP contribution >= 0.6 is 11.6 Å². The third-order valence-electron chi connectivity index (χ3n) is 2.39. The molecule has 4 nitrogen and oxygen atoms in total. The molecule has 0 bridgehead atoms. The Kier molecular flexibility index (Phi) is 3.64. The highest BCUT2D eigenvalue weighted by atomic mass is 35.5. The van der Waals surface area contributed by atoms with Crippen LogP contribution in [0.4, 0.5) is 15.8 Å². The van der Waals surface area contributed by atoms with Crippen molar-refractivity contribution < 1.29 is 12.8 Å². The van der Waals surface area contributed by atoms with Gasteiger partial charge in [-0.1, -0.05) is 23.7 Å². The van der Waals surface area contributed by atoms with Gasteiger partial charge in [-0.25, -0.2) is 12.8 Å². The van der Waals surface area contributed by atoms with Crippen molar-refractivity contribution in [2.75, 3.05) is 10.5 Å². The summed E-state index contributed by atoms with van der Waals surface area (Å²) in [5.74, 6) is -0.644. The van der Waals surface area contributed by atoms with Gasteiger partial charge in [0, 0.05) is 0 Å². The first-order valence-corrected chi connectivity index (χ1v) is 7.08. The monoisotopic (exact) mass is 300 g/mol. The van der Waals surface area contributed by atoms with E-state index in [-0.39, 0.29) is 21.3 Å². The van der Waals surface area contributed by atoms with E-state index in [0.717, 1.165) is 12.1 Å². The lowest BCUT2D eigenvalue weighted by atomic mass is 10.3. The van der Waals surface area contributed by atoms with Crippen LogP contribution in [-0.2, 0) is 10.0 Å². The van der Waals surface area contributed by atoms with Gasteiger partial charge in [-0.2, -0.15) is 0 Å². The maximum Gasteiger partial charge on any atom is 0.262 e. The maximum atomic E-state index is 13.1. The van der Waals surface area contributed by atoms with Gasteiger partial charge in [0.05, 0.1) is 21.3 Å². The van der Waals surface area contributed by atoms with Crippen molar-refractivity contribution in [3.05, 3.63) is 53.3 Å². The maximum absolute atomic E-state index is 13.1. The van der Waals surface area contributed by atoms with Crippen molar-refractivity contribution >= 4 is 33.0 Å². The van der Waals surface area contributed by atoms with Gasteiger partial charge in [0.2, 0.25) is 0 Å². The molecular weight excluding hydrogens is 291 g/mol. The Balaban J connectivity index is 2.42. The van der Waals surface area contributed by atoms with Crippen LogP contribution in [0.25, 0.3) is 0 Å². The third-order valence-corrected chi connectivity index (χ3v) is 4.05. The van der Waals surface area contributed by atoms with Crippen LogP contribution in [0.3, 0.4) is 0 Å². The zero-order chi connectivity index (χ0) is 14.0. The van der Waals surface area contributed by atoms with E-state index < -0.39 is 15.8 Å². The van der Waals surface area contributed by atoms with Gasteiger partial charge in [0.15, 0.2) is 0 Å². The van der Waals surface area contributed by atoms with Gasteiger partial charge >= 0.3 is 0 Å². The van der Waals surface area contributed by atoms with E-state index >= 15 is 0 Å². The first-order valence-electron chi connectivity index (χ1n) is 5.22. The molecule has 0 radical (unpaired) electrons. The second-order valence-electron chi connectivity index (χ2n) is 3.77. The Morgan fingerprint density at radius 1 is 1.16 bits per heavy atom. The summed E-state index contributed by atoms with van der Waals surface area (Å²) >= 11 is 5.87. The molecule has 0 amide bonds. The van der Waals surface area contributed by atoms with Crippen molar-refractivity contribution in [2.45, 2.75) is 4.90 Å². The lowest BCUT2D eigenvalue weighted by molar-refractivity contribution is 0.595. The molecule has 0 aliphatic carbocycles. The molecule has 0 aliphatic rings. The van der Waals surface area contributed by atoms with Gasteiger partial charge in [0.1, 0.15) is 5.82 Å². The zero-order valence-electron chi connectivity index (χ0n) is 9.60. The number of para-hydroxylation sites is 1. The Labute approximate surface area is 115 Å². The number of sulfonamides is 1. The summed E-state index contributed by atoms with van der Waals surface area (Å²) < 4.78 is 39.4. The molecule has 0 atom stereocenters. The van der Waals surface area contributed by atoms with E-state index in [1.807, 2.05) is 0 Å². The molecule has 2 aromatic rings. The van der Waals surface area contributed by atoms with E-state index in [1.165, 1.54) is 24.3 Å². The SMILES string of the molecule is Nc1cccc(Cl)c1NS(=O)(=O)c1cccc(F)c1. The van der Waals surface area contributed by atoms with Gasteiger partial charge in [-0.05, 0) is 30.3 Å². The van der Waals surface area contributed by atoms with Crippen molar-refractivity contribution in [3.63, 3.8) is 0 Å². The molecule has 0 spiro atoms. The summed E-state index contributed by atoms with van der Waals surface area (Å²) in [6.07, 6.45) is 0. The fraction of sp³-hybridized carbons (Fsp3) is 0.